The second-order valence-corrected chi connectivity index (χ2v) is 6.85. The van der Waals surface area contributed by atoms with Crippen molar-refractivity contribution in [2.75, 3.05) is 31.8 Å². The van der Waals surface area contributed by atoms with E-state index < -0.39 is 39.4 Å². The van der Waals surface area contributed by atoms with Crippen molar-refractivity contribution in [1.82, 2.24) is 4.90 Å². The summed E-state index contributed by atoms with van der Waals surface area (Å²) < 4.78 is 27.5. The van der Waals surface area contributed by atoms with E-state index in [1.807, 2.05) is 6.92 Å². The Morgan fingerprint density at radius 2 is 2.00 bits per heavy atom. The fourth-order valence-electron chi connectivity index (χ4n) is 2.11. The summed E-state index contributed by atoms with van der Waals surface area (Å²) in [6, 6.07) is -0.591. The van der Waals surface area contributed by atoms with Gasteiger partial charge in [0.15, 0.2) is 9.84 Å². The first kappa shape index (κ1) is 15.9. The molecule has 1 rings (SSSR count). The highest BCUT2D eigenvalue weighted by Crippen LogP contribution is 2.21. The van der Waals surface area contributed by atoms with Crippen molar-refractivity contribution in [2.24, 2.45) is 5.92 Å². The summed E-state index contributed by atoms with van der Waals surface area (Å²) in [6.07, 6.45) is 1.60. The molecule has 2 atom stereocenters. The van der Waals surface area contributed by atoms with Crippen LogP contribution in [0.4, 0.5) is 0 Å². The number of carboxylic acid groups (broad SMARTS) is 1. The van der Waals surface area contributed by atoms with Crippen LogP contribution in [0.25, 0.3) is 0 Å². The number of sulfone groups is 1. The van der Waals surface area contributed by atoms with Gasteiger partial charge >= 0.3 is 5.97 Å². The number of carbonyl (C=O) groups is 2. The average molecular weight is 293 g/mol. The number of carbonyl (C=O) groups excluding carboxylic acids is 1. The molecule has 0 bridgehead atoms. The van der Waals surface area contributed by atoms with Crippen LogP contribution in [0.2, 0.25) is 0 Å². The van der Waals surface area contributed by atoms with E-state index in [0.29, 0.717) is 13.0 Å². The minimum atomic E-state index is -3.43. The molecule has 1 aliphatic heterocycles. The lowest BCUT2D eigenvalue weighted by atomic mass is 10.0. The van der Waals surface area contributed by atoms with Gasteiger partial charge in [0.05, 0.1) is 19.3 Å². The van der Waals surface area contributed by atoms with Gasteiger partial charge in [0.1, 0.15) is 11.7 Å². The predicted molar refractivity (Wildman–Crippen MR) is 67.4 cm³/mol. The van der Waals surface area contributed by atoms with Crippen molar-refractivity contribution in [3.63, 3.8) is 0 Å². The smallest absolute Gasteiger partial charge is 0.311 e. The van der Waals surface area contributed by atoms with Gasteiger partial charge in [0.2, 0.25) is 5.91 Å². The molecule has 1 amide bonds. The molecular weight excluding hydrogens is 274 g/mol. The lowest BCUT2D eigenvalue weighted by molar-refractivity contribution is -0.144. The molecule has 0 radical (unpaired) electrons. The Balaban J connectivity index is 2.87. The minimum Gasteiger partial charge on any atom is -0.481 e. The van der Waals surface area contributed by atoms with Crippen LogP contribution in [0.1, 0.15) is 13.3 Å². The fourth-order valence-corrected chi connectivity index (χ4v) is 2.72. The van der Waals surface area contributed by atoms with E-state index in [9.17, 15) is 18.0 Å². The number of rotatable bonds is 6. The Hall–Kier alpha value is -1.15. The summed E-state index contributed by atoms with van der Waals surface area (Å²) in [4.78, 5) is 24.4. The third kappa shape index (κ3) is 4.46. The van der Waals surface area contributed by atoms with Crippen LogP contribution in [0.5, 0.6) is 0 Å². The highest BCUT2D eigenvalue weighted by molar-refractivity contribution is 7.91. The first-order valence-corrected chi connectivity index (χ1v) is 8.10. The number of hydrogen-bond donors (Lipinski definition) is 1. The summed E-state index contributed by atoms with van der Waals surface area (Å²) in [7, 11) is -3.43. The van der Waals surface area contributed by atoms with Gasteiger partial charge in [-0.15, -0.1) is 0 Å². The number of nitrogens with zero attached hydrogens (tertiary/aromatic N) is 1. The number of ether oxygens (including phenoxy) is 1. The normalized spacial score (nSPS) is 23.3. The van der Waals surface area contributed by atoms with Crippen molar-refractivity contribution < 1.29 is 27.9 Å². The lowest BCUT2D eigenvalue weighted by Gasteiger charge is -2.30. The number of aliphatic carboxylic acids is 1. The van der Waals surface area contributed by atoms with Crippen LogP contribution in [0, 0.1) is 5.92 Å². The first-order valence-electron chi connectivity index (χ1n) is 6.04. The second kappa shape index (κ2) is 6.33. The molecule has 0 aromatic carbocycles. The fraction of sp³-hybridized carbons (Fsp3) is 0.818. The van der Waals surface area contributed by atoms with Gasteiger partial charge in [0, 0.05) is 12.8 Å². The van der Waals surface area contributed by atoms with Gasteiger partial charge in [-0.05, 0) is 6.42 Å². The zero-order chi connectivity index (χ0) is 14.6. The Bertz CT molecular complexity index is 446. The summed E-state index contributed by atoms with van der Waals surface area (Å²) in [5, 5.41) is 9.08. The molecule has 0 saturated carbocycles. The van der Waals surface area contributed by atoms with E-state index in [0.717, 1.165) is 6.26 Å². The van der Waals surface area contributed by atoms with Crippen LogP contribution >= 0.6 is 0 Å². The van der Waals surface area contributed by atoms with Gasteiger partial charge in [-0.3, -0.25) is 9.59 Å². The molecule has 1 aliphatic rings. The lowest BCUT2D eigenvalue weighted by Crippen LogP contribution is -2.48. The Kier molecular flexibility index (Phi) is 5.30. The van der Waals surface area contributed by atoms with Crippen molar-refractivity contribution >= 4 is 21.7 Å². The number of carboxylic acids is 1. The van der Waals surface area contributed by atoms with Gasteiger partial charge in [-0.25, -0.2) is 8.42 Å². The molecule has 1 fully saturated rings. The molecule has 8 heteroatoms. The van der Waals surface area contributed by atoms with E-state index in [1.54, 1.807) is 0 Å². The highest BCUT2D eigenvalue weighted by atomic mass is 32.2. The first-order chi connectivity index (χ1) is 8.76. The largest absolute Gasteiger partial charge is 0.481 e. The third-order valence-electron chi connectivity index (χ3n) is 2.94. The molecule has 0 aliphatic carbocycles. The molecule has 1 N–H and O–H groups in total. The van der Waals surface area contributed by atoms with Crippen LogP contribution in [-0.2, 0) is 24.2 Å². The topological polar surface area (TPSA) is 101 Å². The van der Waals surface area contributed by atoms with Gasteiger partial charge in [-0.1, -0.05) is 6.92 Å². The van der Waals surface area contributed by atoms with E-state index in [4.69, 9.17) is 9.84 Å². The maximum Gasteiger partial charge on any atom is 0.311 e. The molecule has 0 spiro atoms. The van der Waals surface area contributed by atoms with Crippen molar-refractivity contribution in [2.45, 2.75) is 19.4 Å². The SMILES string of the molecule is CCCN(C(=O)CS(C)(=O)=O)C1COCC1C(=O)O. The van der Waals surface area contributed by atoms with Gasteiger partial charge < -0.3 is 14.7 Å². The standard InChI is InChI=1S/C11H19NO6S/c1-3-4-12(10(13)7-19(2,16)17)9-6-18-5-8(9)11(14)15/h8-9H,3-7H2,1-2H3,(H,14,15). The summed E-state index contributed by atoms with van der Waals surface area (Å²) in [5.41, 5.74) is 0. The molecule has 1 heterocycles. The summed E-state index contributed by atoms with van der Waals surface area (Å²) in [5.74, 6) is -2.99. The van der Waals surface area contributed by atoms with E-state index >= 15 is 0 Å². The third-order valence-corrected chi connectivity index (χ3v) is 3.71. The zero-order valence-electron chi connectivity index (χ0n) is 11.0. The summed E-state index contributed by atoms with van der Waals surface area (Å²) in [6.45, 7) is 2.34. The predicted octanol–water partition coefficient (Wildman–Crippen LogP) is -0.631. The van der Waals surface area contributed by atoms with Crippen LogP contribution in [0.15, 0.2) is 0 Å². The maximum absolute atomic E-state index is 12.0. The average Bonchev–Trinajstić information content (AvgIpc) is 2.71. The molecule has 2 unspecified atom stereocenters. The van der Waals surface area contributed by atoms with E-state index in [1.165, 1.54) is 4.90 Å². The quantitative estimate of drug-likeness (QED) is 0.699. The van der Waals surface area contributed by atoms with Crippen LogP contribution in [-0.4, -0.2) is 68.1 Å². The van der Waals surface area contributed by atoms with Gasteiger partial charge in [0.25, 0.3) is 0 Å². The highest BCUT2D eigenvalue weighted by Gasteiger charge is 2.40. The van der Waals surface area contributed by atoms with Crippen LogP contribution in [0.3, 0.4) is 0 Å². The van der Waals surface area contributed by atoms with Crippen molar-refractivity contribution in [3.05, 3.63) is 0 Å². The Labute approximate surface area is 112 Å². The molecule has 19 heavy (non-hydrogen) atoms. The molecule has 110 valence electrons. The summed E-state index contributed by atoms with van der Waals surface area (Å²) >= 11 is 0. The van der Waals surface area contributed by atoms with Gasteiger partial charge in [-0.2, -0.15) is 0 Å². The molecular formula is C11H19NO6S. The monoisotopic (exact) mass is 293 g/mol. The maximum atomic E-state index is 12.0. The number of amides is 1. The van der Waals surface area contributed by atoms with E-state index in [2.05, 4.69) is 0 Å². The van der Waals surface area contributed by atoms with Crippen molar-refractivity contribution in [1.29, 1.82) is 0 Å². The van der Waals surface area contributed by atoms with Crippen molar-refractivity contribution in [3.8, 4) is 0 Å². The molecule has 1 saturated heterocycles. The molecule has 0 aromatic rings. The zero-order valence-corrected chi connectivity index (χ0v) is 11.9. The second-order valence-electron chi connectivity index (χ2n) is 4.71. The molecule has 0 aromatic heterocycles. The number of hydrogen-bond acceptors (Lipinski definition) is 5. The minimum absolute atomic E-state index is 0.0480. The van der Waals surface area contributed by atoms with Crippen LogP contribution < -0.4 is 0 Å². The Morgan fingerprint density at radius 1 is 1.37 bits per heavy atom. The Morgan fingerprint density at radius 3 is 2.47 bits per heavy atom. The molecule has 7 nitrogen and oxygen atoms in total. The van der Waals surface area contributed by atoms with E-state index in [-0.39, 0.29) is 13.2 Å².